The Morgan fingerprint density at radius 3 is 2.57 bits per heavy atom. The quantitative estimate of drug-likeness (QED) is 0.594. The van der Waals surface area contributed by atoms with Crippen LogP contribution in [-0.2, 0) is 24.3 Å². The van der Waals surface area contributed by atoms with Gasteiger partial charge in [0.05, 0.1) is 5.69 Å². The van der Waals surface area contributed by atoms with Gasteiger partial charge in [-0.15, -0.1) is 0 Å². The van der Waals surface area contributed by atoms with E-state index in [1.165, 1.54) is 15.7 Å². The number of amides is 1. The number of nitrogens with one attached hydrogen (secondary N) is 1. The Bertz CT molecular complexity index is 1090. The molecule has 156 valence electrons. The van der Waals surface area contributed by atoms with Gasteiger partial charge in [0.15, 0.2) is 0 Å². The number of halogens is 1. The molecule has 6 heteroatoms. The normalized spacial score (nSPS) is 13.4. The number of imidazole rings is 1. The Kier molecular flexibility index (Phi) is 6.09. The first kappa shape index (κ1) is 20.5. The van der Waals surface area contributed by atoms with Crippen molar-refractivity contribution in [2.75, 3.05) is 6.54 Å². The molecule has 0 radical (unpaired) electrons. The van der Waals surface area contributed by atoms with Gasteiger partial charge in [-0.25, -0.2) is 4.79 Å². The molecule has 2 aromatic carbocycles. The lowest BCUT2D eigenvalue weighted by Crippen LogP contribution is -2.34. The van der Waals surface area contributed by atoms with E-state index in [1.54, 1.807) is 10.8 Å². The highest BCUT2D eigenvalue weighted by molar-refractivity contribution is 6.30. The van der Waals surface area contributed by atoms with Crippen LogP contribution in [0.5, 0.6) is 0 Å². The predicted octanol–water partition coefficient (Wildman–Crippen LogP) is 4.05. The number of nitrogens with zero attached hydrogens (tertiary/aromatic N) is 2. The summed E-state index contributed by atoms with van der Waals surface area (Å²) in [5, 5.41) is 3.59. The van der Waals surface area contributed by atoms with Crippen LogP contribution >= 0.6 is 11.6 Å². The van der Waals surface area contributed by atoms with Gasteiger partial charge in [-0.2, -0.15) is 0 Å². The van der Waals surface area contributed by atoms with Crippen LogP contribution < -0.4 is 11.0 Å². The SMILES string of the molecule is Cc1ccccc1CCNC(=O)Cn1cc(-c2ccc(Cl)cc2)n(CC2CC2)c1=O. The van der Waals surface area contributed by atoms with Gasteiger partial charge in [-0.05, 0) is 60.9 Å². The summed E-state index contributed by atoms with van der Waals surface area (Å²) >= 11 is 6.01. The average Bonchev–Trinajstić information content (AvgIpc) is 3.50. The second-order valence-corrected chi connectivity index (χ2v) is 8.45. The van der Waals surface area contributed by atoms with Gasteiger partial charge in [0.1, 0.15) is 6.54 Å². The number of carbonyl (C=O) groups excluding carboxylic acids is 1. The fourth-order valence-corrected chi connectivity index (χ4v) is 3.79. The highest BCUT2D eigenvalue weighted by Crippen LogP contribution is 2.32. The Balaban J connectivity index is 1.46. The van der Waals surface area contributed by atoms with Crippen molar-refractivity contribution < 1.29 is 4.79 Å². The van der Waals surface area contributed by atoms with Gasteiger partial charge in [0.25, 0.3) is 0 Å². The summed E-state index contributed by atoms with van der Waals surface area (Å²) in [4.78, 5) is 25.5. The van der Waals surface area contributed by atoms with Crippen molar-refractivity contribution in [2.24, 2.45) is 5.92 Å². The summed E-state index contributed by atoms with van der Waals surface area (Å²) in [6.45, 7) is 3.33. The van der Waals surface area contributed by atoms with Crippen molar-refractivity contribution >= 4 is 17.5 Å². The lowest BCUT2D eigenvalue weighted by molar-refractivity contribution is -0.121. The molecule has 30 heavy (non-hydrogen) atoms. The zero-order chi connectivity index (χ0) is 21.1. The van der Waals surface area contributed by atoms with Gasteiger partial charge in [0, 0.05) is 24.3 Å². The topological polar surface area (TPSA) is 56.0 Å². The van der Waals surface area contributed by atoms with Crippen LogP contribution in [0.3, 0.4) is 0 Å². The monoisotopic (exact) mass is 423 g/mol. The van der Waals surface area contributed by atoms with E-state index in [2.05, 4.69) is 24.4 Å². The van der Waals surface area contributed by atoms with Crippen LogP contribution in [0, 0.1) is 12.8 Å². The molecule has 1 heterocycles. The number of hydrogen-bond acceptors (Lipinski definition) is 2. The van der Waals surface area contributed by atoms with Gasteiger partial charge < -0.3 is 5.32 Å². The summed E-state index contributed by atoms with van der Waals surface area (Å²) in [7, 11) is 0. The predicted molar refractivity (Wildman–Crippen MR) is 120 cm³/mol. The molecule has 1 aromatic heterocycles. The molecule has 0 saturated heterocycles. The van der Waals surface area contributed by atoms with Gasteiger partial charge in [-0.1, -0.05) is 48.0 Å². The number of hydrogen-bond donors (Lipinski definition) is 1. The lowest BCUT2D eigenvalue weighted by atomic mass is 10.1. The van der Waals surface area contributed by atoms with Crippen molar-refractivity contribution in [3.63, 3.8) is 0 Å². The van der Waals surface area contributed by atoms with Crippen molar-refractivity contribution in [1.29, 1.82) is 0 Å². The molecule has 1 amide bonds. The molecule has 0 bridgehead atoms. The fraction of sp³-hybridized carbons (Fsp3) is 0.333. The third kappa shape index (κ3) is 4.85. The minimum absolute atomic E-state index is 0.0187. The number of carbonyl (C=O) groups is 1. The average molecular weight is 424 g/mol. The first-order valence-corrected chi connectivity index (χ1v) is 10.8. The molecule has 1 aliphatic rings. The molecule has 0 aliphatic heterocycles. The minimum Gasteiger partial charge on any atom is -0.354 e. The number of rotatable bonds is 8. The van der Waals surface area contributed by atoms with E-state index in [0.717, 1.165) is 30.5 Å². The van der Waals surface area contributed by atoms with E-state index in [9.17, 15) is 9.59 Å². The molecule has 5 nitrogen and oxygen atoms in total. The number of benzene rings is 2. The molecular formula is C24H26ClN3O2. The third-order valence-electron chi connectivity index (χ3n) is 5.61. The molecule has 0 spiro atoms. The van der Waals surface area contributed by atoms with Crippen LogP contribution in [0.1, 0.15) is 24.0 Å². The molecule has 0 atom stereocenters. The van der Waals surface area contributed by atoms with Crippen LogP contribution in [0.2, 0.25) is 5.02 Å². The molecule has 1 saturated carbocycles. The Labute approximate surface area is 181 Å². The molecule has 1 aliphatic carbocycles. The minimum atomic E-state index is -0.156. The summed E-state index contributed by atoms with van der Waals surface area (Å²) in [5.41, 5.74) is 4.05. The fourth-order valence-electron chi connectivity index (χ4n) is 3.67. The van der Waals surface area contributed by atoms with E-state index in [-0.39, 0.29) is 18.1 Å². The van der Waals surface area contributed by atoms with Crippen molar-refractivity contribution in [3.8, 4) is 11.3 Å². The van der Waals surface area contributed by atoms with Gasteiger partial charge >= 0.3 is 5.69 Å². The molecule has 4 rings (SSSR count). The molecule has 1 fully saturated rings. The summed E-state index contributed by atoms with van der Waals surface area (Å²) < 4.78 is 3.30. The van der Waals surface area contributed by atoms with Crippen LogP contribution in [0.15, 0.2) is 59.5 Å². The van der Waals surface area contributed by atoms with Crippen molar-refractivity contribution in [2.45, 2.75) is 39.3 Å². The van der Waals surface area contributed by atoms with Gasteiger partial charge in [0.2, 0.25) is 5.91 Å². The Morgan fingerprint density at radius 2 is 1.87 bits per heavy atom. The molecule has 0 unspecified atom stereocenters. The van der Waals surface area contributed by atoms with Crippen LogP contribution in [-0.4, -0.2) is 21.6 Å². The smallest absolute Gasteiger partial charge is 0.329 e. The first-order valence-electron chi connectivity index (χ1n) is 10.4. The van der Waals surface area contributed by atoms with Crippen LogP contribution in [0.4, 0.5) is 0 Å². The van der Waals surface area contributed by atoms with E-state index in [1.807, 2.05) is 36.4 Å². The largest absolute Gasteiger partial charge is 0.354 e. The Hall–Kier alpha value is -2.79. The highest BCUT2D eigenvalue weighted by Gasteiger charge is 2.25. The second-order valence-electron chi connectivity index (χ2n) is 8.01. The van der Waals surface area contributed by atoms with Crippen molar-refractivity contribution in [1.82, 2.24) is 14.5 Å². The maximum absolute atomic E-state index is 13.0. The third-order valence-corrected chi connectivity index (χ3v) is 5.87. The molecule has 1 N–H and O–H groups in total. The summed E-state index contributed by atoms with van der Waals surface area (Å²) in [5.74, 6) is 0.393. The lowest BCUT2D eigenvalue weighted by Gasteiger charge is -2.07. The van der Waals surface area contributed by atoms with E-state index >= 15 is 0 Å². The maximum Gasteiger partial charge on any atom is 0.329 e. The second kappa shape index (κ2) is 8.92. The Morgan fingerprint density at radius 1 is 1.13 bits per heavy atom. The standard InChI is InChI=1S/C24H26ClN3O2/c1-17-4-2-3-5-19(17)12-13-26-23(29)16-27-15-22(20-8-10-21(25)11-9-20)28(24(27)30)14-18-6-7-18/h2-5,8-11,15,18H,6-7,12-14,16H2,1H3,(H,26,29). The van der Waals surface area contributed by atoms with E-state index in [4.69, 9.17) is 11.6 Å². The zero-order valence-corrected chi connectivity index (χ0v) is 17.9. The number of aryl methyl sites for hydroxylation is 1. The van der Waals surface area contributed by atoms with E-state index < -0.39 is 0 Å². The van der Waals surface area contributed by atoms with Crippen molar-refractivity contribution in [3.05, 3.63) is 81.4 Å². The summed E-state index contributed by atoms with van der Waals surface area (Å²) in [6.07, 6.45) is 4.86. The maximum atomic E-state index is 13.0. The first-order chi connectivity index (χ1) is 14.5. The number of aromatic nitrogens is 2. The van der Waals surface area contributed by atoms with Gasteiger partial charge in [-0.3, -0.25) is 13.9 Å². The van der Waals surface area contributed by atoms with E-state index in [0.29, 0.717) is 24.0 Å². The zero-order valence-electron chi connectivity index (χ0n) is 17.1. The molecule has 3 aromatic rings. The molecular weight excluding hydrogens is 398 g/mol. The van der Waals surface area contributed by atoms with Crippen LogP contribution in [0.25, 0.3) is 11.3 Å². The highest BCUT2D eigenvalue weighted by atomic mass is 35.5. The summed E-state index contributed by atoms with van der Waals surface area (Å²) in [6, 6.07) is 15.6.